The number of halogens is 1. The number of carbonyl (C=O) groups is 4. The molecule has 5 rings (SSSR count). The molecule has 0 radical (unpaired) electrons. The molecule has 0 atom stereocenters. The lowest BCUT2D eigenvalue weighted by Gasteiger charge is -2.19. The lowest BCUT2D eigenvalue weighted by atomic mass is 10.1. The van der Waals surface area contributed by atoms with Gasteiger partial charge in [-0.1, -0.05) is 42.5 Å². The van der Waals surface area contributed by atoms with Gasteiger partial charge in [0.15, 0.2) is 11.5 Å². The molecule has 4 aromatic carbocycles. The van der Waals surface area contributed by atoms with E-state index in [2.05, 4.69) is 0 Å². The second-order valence-corrected chi connectivity index (χ2v) is 12.3. The second kappa shape index (κ2) is 20.1. The Labute approximate surface area is 308 Å². The first-order valence-electron chi connectivity index (χ1n) is 15.8. The molecule has 276 valence electrons. The fraction of sp³-hybridized carbons (Fsp3) is 0.250. The molecule has 52 heavy (non-hydrogen) atoms. The molecule has 0 bridgehead atoms. The number of carboxylic acids is 1. The van der Waals surface area contributed by atoms with Crippen LogP contribution < -0.4 is 14.2 Å². The highest BCUT2D eigenvalue weighted by atomic mass is 35.5. The smallest absolute Gasteiger partial charge is 0.419 e. The van der Waals surface area contributed by atoms with Crippen molar-refractivity contribution < 1.29 is 48.3 Å². The minimum atomic E-state index is -1.11. The third-order valence-corrected chi connectivity index (χ3v) is 7.36. The van der Waals surface area contributed by atoms with Crippen LogP contribution in [0.4, 0.5) is 4.79 Å². The van der Waals surface area contributed by atoms with E-state index in [0.29, 0.717) is 45.7 Å². The van der Waals surface area contributed by atoms with Crippen LogP contribution in [0.5, 0.6) is 23.0 Å². The Balaban J connectivity index is 0.000000262. The molecular formula is C40H44ClNO10. The standard InChI is InChI=1S/C16H19NO5.C9H10O2.C8H8O3.C7H7Cl/c1-9-6-12-10(7-13(9)21-5)11(14(18)19)8-17(12)15(20)22-16(2,3)4;1-7-3-4-8(6-10)5-9(7)11-2;1-11-8-4-6(5-9)2-3-7(8)10;8-6-7-4-2-1-3-5-7/h6-8H,1-5H3,(H,18,19);3-6H,1-2H3;2-5,10H,1H3;1-5H,6H2. The number of ether oxygens (including phenoxy) is 4. The molecule has 5 aromatic rings. The van der Waals surface area contributed by atoms with Crippen molar-refractivity contribution >= 4 is 47.1 Å². The first kappa shape index (κ1) is 42.4. The zero-order valence-electron chi connectivity index (χ0n) is 30.4. The van der Waals surface area contributed by atoms with Crippen molar-refractivity contribution in [1.82, 2.24) is 4.57 Å². The number of aldehydes is 2. The number of benzene rings is 4. The van der Waals surface area contributed by atoms with Crippen LogP contribution >= 0.6 is 11.6 Å². The molecule has 11 nitrogen and oxygen atoms in total. The number of carbonyl (C=O) groups excluding carboxylic acids is 3. The summed E-state index contributed by atoms with van der Waals surface area (Å²) in [6.07, 6.45) is 2.17. The molecule has 0 aliphatic rings. The number of aromatic carboxylic acids is 1. The Morgan fingerprint density at radius 2 is 1.31 bits per heavy atom. The SMILES string of the molecule is COc1cc(C=O)ccc1C.COc1cc(C=O)ccc1O.COc1cc2c(C(=O)O)cn(C(=O)OC(C)(C)C)c2cc1C.ClCc1ccccc1. The predicted octanol–water partition coefficient (Wildman–Crippen LogP) is 8.89. The topological polar surface area (TPSA) is 151 Å². The van der Waals surface area contributed by atoms with Crippen LogP contribution in [0.3, 0.4) is 0 Å². The number of aromatic nitrogens is 1. The lowest BCUT2D eigenvalue weighted by molar-refractivity contribution is 0.0544. The first-order valence-corrected chi connectivity index (χ1v) is 16.3. The van der Waals surface area contributed by atoms with Gasteiger partial charge in [0.25, 0.3) is 0 Å². The van der Waals surface area contributed by atoms with Gasteiger partial charge in [-0.3, -0.25) is 14.2 Å². The molecule has 2 N–H and O–H groups in total. The molecule has 0 amide bonds. The fourth-order valence-corrected chi connectivity index (χ4v) is 4.63. The van der Waals surface area contributed by atoms with Gasteiger partial charge in [-0.15, -0.1) is 11.6 Å². The van der Waals surface area contributed by atoms with Crippen molar-refractivity contribution in [2.45, 2.75) is 46.1 Å². The van der Waals surface area contributed by atoms with E-state index in [1.165, 1.54) is 48.7 Å². The number of aromatic hydroxyl groups is 1. The molecule has 0 aliphatic heterocycles. The molecule has 0 saturated carbocycles. The van der Waals surface area contributed by atoms with Gasteiger partial charge in [0, 0.05) is 28.6 Å². The summed E-state index contributed by atoms with van der Waals surface area (Å²) in [6, 6.07) is 23.1. The summed E-state index contributed by atoms with van der Waals surface area (Å²) in [5, 5.41) is 18.9. The number of nitrogens with zero attached hydrogens (tertiary/aromatic N) is 1. The number of rotatable bonds is 7. The minimum absolute atomic E-state index is 0.0270. The Hall–Kier alpha value is -5.81. The van der Waals surface area contributed by atoms with Crippen molar-refractivity contribution in [1.29, 1.82) is 0 Å². The van der Waals surface area contributed by atoms with Crippen LogP contribution in [-0.4, -0.2) is 66.3 Å². The number of alkyl halides is 1. The molecule has 0 fully saturated rings. The average molecular weight is 734 g/mol. The highest BCUT2D eigenvalue weighted by Gasteiger charge is 2.23. The molecule has 0 spiro atoms. The number of aryl methyl sites for hydroxylation is 2. The Kier molecular flexibility index (Phi) is 16.4. The zero-order valence-corrected chi connectivity index (χ0v) is 31.2. The predicted molar refractivity (Wildman–Crippen MR) is 201 cm³/mol. The summed E-state index contributed by atoms with van der Waals surface area (Å²) in [7, 11) is 4.54. The van der Waals surface area contributed by atoms with E-state index < -0.39 is 17.7 Å². The molecule has 0 aliphatic carbocycles. The highest BCUT2D eigenvalue weighted by Crippen LogP contribution is 2.30. The van der Waals surface area contributed by atoms with Gasteiger partial charge in [-0.25, -0.2) is 9.59 Å². The number of phenolic OH excluding ortho intramolecular Hbond substituents is 1. The summed E-state index contributed by atoms with van der Waals surface area (Å²) < 4.78 is 21.6. The number of hydrogen-bond acceptors (Lipinski definition) is 9. The third-order valence-electron chi connectivity index (χ3n) is 7.05. The molecular weight excluding hydrogens is 690 g/mol. The van der Waals surface area contributed by atoms with Gasteiger partial charge in [0.2, 0.25) is 0 Å². The quantitative estimate of drug-likeness (QED) is 0.123. The van der Waals surface area contributed by atoms with Crippen molar-refractivity contribution in [2.75, 3.05) is 21.3 Å². The van der Waals surface area contributed by atoms with Crippen LogP contribution in [0.15, 0.2) is 85.1 Å². The van der Waals surface area contributed by atoms with Crippen molar-refractivity contribution in [3.8, 4) is 23.0 Å². The maximum Gasteiger partial charge on any atom is 0.419 e. The van der Waals surface area contributed by atoms with Gasteiger partial charge in [0.05, 0.1) is 32.4 Å². The summed E-state index contributed by atoms with van der Waals surface area (Å²) in [6.45, 7) is 9.02. The normalized spacial score (nSPS) is 10.2. The average Bonchev–Trinajstić information content (AvgIpc) is 3.51. The molecule has 1 heterocycles. The van der Waals surface area contributed by atoms with Crippen molar-refractivity contribution in [2.24, 2.45) is 0 Å². The van der Waals surface area contributed by atoms with E-state index in [0.717, 1.165) is 23.2 Å². The van der Waals surface area contributed by atoms with E-state index in [1.807, 2.05) is 50.2 Å². The molecule has 0 unspecified atom stereocenters. The third kappa shape index (κ3) is 12.5. The Bertz CT molecular complexity index is 1910. The van der Waals surface area contributed by atoms with E-state index in [9.17, 15) is 24.3 Å². The first-order chi connectivity index (χ1) is 24.6. The van der Waals surface area contributed by atoms with Gasteiger partial charge in [0.1, 0.15) is 29.7 Å². The van der Waals surface area contributed by atoms with E-state index >= 15 is 0 Å². The van der Waals surface area contributed by atoms with Gasteiger partial charge < -0.3 is 29.2 Å². The number of methoxy groups -OCH3 is 3. The van der Waals surface area contributed by atoms with Crippen LogP contribution in [0, 0.1) is 13.8 Å². The van der Waals surface area contributed by atoms with Crippen molar-refractivity contribution in [3.63, 3.8) is 0 Å². The Morgan fingerprint density at radius 1 is 0.769 bits per heavy atom. The fourth-order valence-electron chi connectivity index (χ4n) is 4.45. The Morgan fingerprint density at radius 3 is 1.79 bits per heavy atom. The minimum Gasteiger partial charge on any atom is -0.504 e. The number of phenols is 1. The van der Waals surface area contributed by atoms with Crippen molar-refractivity contribution in [3.05, 3.63) is 118 Å². The summed E-state index contributed by atoms with van der Waals surface area (Å²) in [5.41, 5.74) is 3.98. The maximum absolute atomic E-state index is 12.3. The van der Waals surface area contributed by atoms with Crippen LogP contribution in [-0.2, 0) is 10.6 Å². The zero-order chi connectivity index (χ0) is 39.0. The summed E-state index contributed by atoms with van der Waals surface area (Å²) in [5.74, 6) is 1.18. The second-order valence-electron chi connectivity index (χ2n) is 12.1. The van der Waals surface area contributed by atoms with Gasteiger partial charge in [-0.2, -0.15) is 0 Å². The summed E-state index contributed by atoms with van der Waals surface area (Å²) in [4.78, 5) is 44.3. The number of carboxylic acid groups (broad SMARTS) is 1. The van der Waals surface area contributed by atoms with Gasteiger partial charge in [-0.05, 0) is 87.7 Å². The van der Waals surface area contributed by atoms with Crippen LogP contribution in [0.1, 0.15) is 68.5 Å². The summed E-state index contributed by atoms with van der Waals surface area (Å²) >= 11 is 5.53. The highest BCUT2D eigenvalue weighted by molar-refractivity contribution is 6.17. The van der Waals surface area contributed by atoms with Gasteiger partial charge >= 0.3 is 12.1 Å². The van der Waals surface area contributed by atoms with E-state index in [1.54, 1.807) is 52.1 Å². The number of hydrogen-bond donors (Lipinski definition) is 2. The number of fused-ring (bicyclic) bond motifs is 1. The van der Waals surface area contributed by atoms with Crippen LogP contribution in [0.25, 0.3) is 10.9 Å². The maximum atomic E-state index is 12.3. The van der Waals surface area contributed by atoms with E-state index in [4.69, 9.17) is 35.7 Å². The lowest BCUT2D eigenvalue weighted by Crippen LogP contribution is -2.26. The van der Waals surface area contributed by atoms with E-state index in [-0.39, 0.29) is 11.3 Å². The molecule has 0 saturated heterocycles. The molecule has 1 aromatic heterocycles. The van der Waals surface area contributed by atoms with Crippen LogP contribution in [0.2, 0.25) is 0 Å². The largest absolute Gasteiger partial charge is 0.504 e. The monoisotopic (exact) mass is 733 g/mol. The molecule has 12 heteroatoms.